The van der Waals surface area contributed by atoms with Gasteiger partial charge >= 0.3 is 6.18 Å². The van der Waals surface area contributed by atoms with Gasteiger partial charge in [-0.3, -0.25) is 14.7 Å². The monoisotopic (exact) mass is 261 g/mol. The normalized spacial score (nSPS) is 12.0. The maximum absolute atomic E-state index is 12.6. The highest BCUT2D eigenvalue weighted by Gasteiger charge is 2.37. The molecule has 0 aliphatic carbocycles. The van der Waals surface area contributed by atoms with Gasteiger partial charge in [-0.05, 0) is 6.07 Å². The van der Waals surface area contributed by atoms with E-state index in [1.54, 1.807) is 0 Å². The van der Waals surface area contributed by atoms with Crippen molar-refractivity contribution in [2.75, 3.05) is 0 Å². The summed E-state index contributed by atoms with van der Waals surface area (Å²) in [7, 11) is 0. The summed E-state index contributed by atoms with van der Waals surface area (Å²) in [5.41, 5.74) is -0.570. The van der Waals surface area contributed by atoms with Gasteiger partial charge in [-0.25, -0.2) is 4.98 Å². The molecule has 2 rings (SSSR count). The molecule has 6 nitrogen and oxygen atoms in total. The lowest BCUT2D eigenvalue weighted by Crippen LogP contribution is -2.14. The number of halogens is 3. The zero-order chi connectivity index (χ0) is 13.5. The van der Waals surface area contributed by atoms with Crippen molar-refractivity contribution in [2.24, 2.45) is 0 Å². The van der Waals surface area contributed by atoms with Crippen LogP contribution in [0.1, 0.15) is 5.82 Å². The fraction of sp³-hybridized carbons (Fsp3) is 0.222. The standard InChI is InChI=1S/C9H6F3N3O3/c10-9(11,12)8-13-6-3-5(15(17)18)1-2-7(6)14(8)4-16/h1-3,16H,4H2. The molecule has 0 unspecified atom stereocenters. The highest BCUT2D eigenvalue weighted by Crippen LogP contribution is 2.32. The minimum Gasteiger partial charge on any atom is -0.376 e. The highest BCUT2D eigenvalue weighted by molar-refractivity contribution is 5.78. The summed E-state index contributed by atoms with van der Waals surface area (Å²) in [5, 5.41) is 19.4. The number of alkyl halides is 3. The minimum atomic E-state index is -4.74. The van der Waals surface area contributed by atoms with Gasteiger partial charge in [-0.15, -0.1) is 0 Å². The fourth-order valence-corrected chi connectivity index (χ4v) is 1.59. The Morgan fingerprint density at radius 2 is 2.11 bits per heavy atom. The smallest absolute Gasteiger partial charge is 0.376 e. The van der Waals surface area contributed by atoms with Crippen LogP contribution < -0.4 is 0 Å². The number of hydrogen-bond donors (Lipinski definition) is 1. The lowest BCUT2D eigenvalue weighted by atomic mass is 10.3. The quantitative estimate of drug-likeness (QED) is 0.661. The summed E-state index contributed by atoms with van der Waals surface area (Å²) in [6.45, 7) is -0.914. The molecule has 0 atom stereocenters. The molecule has 0 bridgehead atoms. The first kappa shape index (κ1) is 12.3. The van der Waals surface area contributed by atoms with Crippen LogP contribution in [0.5, 0.6) is 0 Å². The van der Waals surface area contributed by atoms with E-state index in [2.05, 4.69) is 4.98 Å². The molecule has 1 heterocycles. The van der Waals surface area contributed by atoms with Crippen molar-refractivity contribution in [3.8, 4) is 0 Å². The van der Waals surface area contributed by atoms with Gasteiger partial charge < -0.3 is 5.11 Å². The number of nitro groups is 1. The van der Waals surface area contributed by atoms with Crippen molar-refractivity contribution in [3.05, 3.63) is 34.1 Å². The van der Waals surface area contributed by atoms with Crippen LogP contribution in [0.4, 0.5) is 18.9 Å². The molecular formula is C9H6F3N3O3. The number of rotatable bonds is 2. The number of nitro benzene ring substituents is 1. The molecule has 18 heavy (non-hydrogen) atoms. The van der Waals surface area contributed by atoms with Gasteiger partial charge in [-0.1, -0.05) is 0 Å². The number of fused-ring (bicyclic) bond motifs is 1. The van der Waals surface area contributed by atoms with Crippen LogP contribution in [0.2, 0.25) is 0 Å². The summed E-state index contributed by atoms with van der Waals surface area (Å²) in [5.74, 6) is -1.29. The van der Waals surface area contributed by atoms with E-state index in [1.165, 1.54) is 0 Å². The SMILES string of the molecule is O=[N+]([O-])c1ccc2c(c1)nc(C(F)(F)F)n2CO. The molecule has 9 heteroatoms. The molecule has 1 N–H and O–H groups in total. The second kappa shape index (κ2) is 3.95. The maximum Gasteiger partial charge on any atom is 0.449 e. The van der Waals surface area contributed by atoms with Gasteiger partial charge in [0.05, 0.1) is 16.0 Å². The number of nitrogens with zero attached hydrogens (tertiary/aromatic N) is 3. The van der Waals surface area contributed by atoms with E-state index in [0.29, 0.717) is 4.57 Å². The summed E-state index contributed by atoms with van der Waals surface area (Å²) >= 11 is 0. The minimum absolute atomic E-state index is 0.0181. The maximum atomic E-state index is 12.6. The van der Waals surface area contributed by atoms with Gasteiger partial charge in [0.1, 0.15) is 6.73 Å². The molecule has 0 amide bonds. The van der Waals surface area contributed by atoms with Gasteiger partial charge in [0, 0.05) is 12.1 Å². The van der Waals surface area contributed by atoms with Gasteiger partial charge in [0.15, 0.2) is 0 Å². The molecule has 0 fully saturated rings. The number of benzene rings is 1. The van der Waals surface area contributed by atoms with Crippen LogP contribution in [0.15, 0.2) is 18.2 Å². The van der Waals surface area contributed by atoms with Crippen molar-refractivity contribution in [3.63, 3.8) is 0 Å². The van der Waals surface area contributed by atoms with Crippen molar-refractivity contribution in [1.82, 2.24) is 9.55 Å². The molecule has 0 aliphatic heterocycles. The second-order valence-electron chi connectivity index (χ2n) is 3.43. The second-order valence-corrected chi connectivity index (χ2v) is 3.43. The molecule has 2 aromatic rings. The molecular weight excluding hydrogens is 255 g/mol. The predicted molar refractivity (Wildman–Crippen MR) is 53.6 cm³/mol. The number of non-ortho nitro benzene ring substituents is 1. The molecule has 0 saturated carbocycles. The topological polar surface area (TPSA) is 81.2 Å². The lowest BCUT2D eigenvalue weighted by Gasteiger charge is -2.07. The molecule has 0 aliphatic rings. The molecule has 1 aromatic carbocycles. The lowest BCUT2D eigenvalue weighted by molar-refractivity contribution is -0.384. The average Bonchev–Trinajstić information content (AvgIpc) is 2.65. The van der Waals surface area contributed by atoms with E-state index in [1.807, 2.05) is 0 Å². The summed E-state index contributed by atoms with van der Waals surface area (Å²) in [4.78, 5) is 13.0. The van der Waals surface area contributed by atoms with Crippen LogP contribution in [-0.2, 0) is 12.9 Å². The first-order chi connectivity index (χ1) is 8.34. The molecule has 96 valence electrons. The van der Waals surface area contributed by atoms with E-state index in [4.69, 9.17) is 5.11 Å². The van der Waals surface area contributed by atoms with Gasteiger partial charge in [0.25, 0.3) is 5.69 Å². The molecule has 0 spiro atoms. The Morgan fingerprint density at radius 3 is 2.61 bits per heavy atom. The fourth-order valence-electron chi connectivity index (χ4n) is 1.59. The van der Waals surface area contributed by atoms with Crippen molar-refractivity contribution in [2.45, 2.75) is 12.9 Å². The zero-order valence-electron chi connectivity index (χ0n) is 8.68. The third-order valence-electron chi connectivity index (χ3n) is 2.34. The van der Waals surface area contributed by atoms with Crippen LogP contribution in [-0.4, -0.2) is 19.6 Å². The van der Waals surface area contributed by atoms with Crippen molar-refractivity contribution >= 4 is 16.7 Å². The largest absolute Gasteiger partial charge is 0.449 e. The first-order valence-corrected chi connectivity index (χ1v) is 4.67. The molecule has 1 aromatic heterocycles. The highest BCUT2D eigenvalue weighted by atomic mass is 19.4. The van der Waals surface area contributed by atoms with E-state index < -0.39 is 23.7 Å². The van der Waals surface area contributed by atoms with Gasteiger partial charge in [-0.2, -0.15) is 13.2 Å². The number of hydrogen-bond acceptors (Lipinski definition) is 4. The summed E-state index contributed by atoms with van der Waals surface area (Å²) in [6, 6.07) is 3.10. The molecule has 0 saturated heterocycles. The van der Waals surface area contributed by atoms with E-state index in [9.17, 15) is 23.3 Å². The predicted octanol–water partition coefficient (Wildman–Crippen LogP) is 1.91. The summed E-state index contributed by atoms with van der Waals surface area (Å²) < 4.78 is 38.4. The first-order valence-electron chi connectivity index (χ1n) is 4.67. The number of aliphatic hydroxyl groups excluding tert-OH is 1. The van der Waals surface area contributed by atoms with Crippen LogP contribution in [0, 0.1) is 10.1 Å². The van der Waals surface area contributed by atoms with Crippen LogP contribution in [0.25, 0.3) is 11.0 Å². The number of imidazole rings is 1. The summed E-state index contributed by atoms with van der Waals surface area (Å²) in [6.07, 6.45) is -4.74. The Balaban J connectivity index is 2.72. The van der Waals surface area contributed by atoms with E-state index in [0.717, 1.165) is 18.2 Å². The van der Waals surface area contributed by atoms with Crippen LogP contribution >= 0.6 is 0 Å². The van der Waals surface area contributed by atoms with Crippen LogP contribution in [0.3, 0.4) is 0 Å². The number of aliphatic hydroxyl groups is 1. The van der Waals surface area contributed by atoms with E-state index >= 15 is 0 Å². The van der Waals surface area contributed by atoms with Crippen molar-refractivity contribution < 1.29 is 23.2 Å². The molecule has 0 radical (unpaired) electrons. The third kappa shape index (κ3) is 1.88. The zero-order valence-corrected chi connectivity index (χ0v) is 8.68. The Bertz CT molecular complexity index is 621. The third-order valence-corrected chi connectivity index (χ3v) is 2.34. The Kier molecular flexibility index (Phi) is 2.70. The number of aromatic nitrogens is 2. The van der Waals surface area contributed by atoms with Gasteiger partial charge in [0.2, 0.25) is 5.82 Å². The van der Waals surface area contributed by atoms with E-state index in [-0.39, 0.29) is 16.7 Å². The average molecular weight is 261 g/mol. The Hall–Kier alpha value is -2.16. The Labute approximate surface area is 97.4 Å². The van der Waals surface area contributed by atoms with Crippen molar-refractivity contribution in [1.29, 1.82) is 0 Å². The Morgan fingerprint density at radius 1 is 1.44 bits per heavy atom.